The third-order valence-electron chi connectivity index (χ3n) is 2.67. The largest absolute Gasteiger partial charge is 0.324 e. The van der Waals surface area contributed by atoms with Crippen LogP contribution in [0, 0.1) is 11.6 Å². The van der Waals surface area contributed by atoms with Gasteiger partial charge < -0.3 is 5.73 Å². The van der Waals surface area contributed by atoms with Gasteiger partial charge in [-0.05, 0) is 30.7 Å². The van der Waals surface area contributed by atoms with Crippen molar-refractivity contribution >= 4 is 0 Å². The lowest BCUT2D eigenvalue weighted by atomic mass is 9.99. The third-order valence-corrected chi connectivity index (χ3v) is 2.67. The van der Waals surface area contributed by atoms with E-state index in [0.717, 1.165) is 0 Å². The van der Waals surface area contributed by atoms with Crippen molar-refractivity contribution in [3.05, 3.63) is 59.7 Å². The lowest BCUT2D eigenvalue weighted by Crippen LogP contribution is -2.07. The average Bonchev–Trinajstić information content (AvgIpc) is 2.30. The molecular weight excluding hydrogens is 220 g/mol. The molecule has 0 saturated carbocycles. The second kappa shape index (κ2) is 4.63. The van der Waals surface area contributed by atoms with Crippen LogP contribution in [0.3, 0.4) is 0 Å². The Labute approximate surface area is 98.9 Å². The molecule has 3 heteroatoms. The summed E-state index contributed by atoms with van der Waals surface area (Å²) in [5.41, 5.74) is 7.15. The molecule has 2 N–H and O–H groups in total. The van der Waals surface area contributed by atoms with Crippen molar-refractivity contribution in [3.63, 3.8) is 0 Å². The second-order valence-corrected chi connectivity index (χ2v) is 4.00. The molecule has 0 bridgehead atoms. The van der Waals surface area contributed by atoms with Crippen LogP contribution in [0.5, 0.6) is 0 Å². The van der Waals surface area contributed by atoms with Gasteiger partial charge in [0, 0.05) is 17.2 Å². The van der Waals surface area contributed by atoms with Crippen LogP contribution in [0.15, 0.2) is 42.5 Å². The van der Waals surface area contributed by atoms with Gasteiger partial charge in [-0.25, -0.2) is 8.78 Å². The molecule has 0 saturated heterocycles. The first-order valence-corrected chi connectivity index (χ1v) is 5.39. The van der Waals surface area contributed by atoms with Gasteiger partial charge in [0.1, 0.15) is 11.6 Å². The van der Waals surface area contributed by atoms with Crippen molar-refractivity contribution in [2.45, 2.75) is 13.0 Å². The summed E-state index contributed by atoms with van der Waals surface area (Å²) in [5, 5.41) is 0. The molecule has 1 unspecified atom stereocenters. The average molecular weight is 233 g/mol. The first kappa shape index (κ1) is 11.7. The van der Waals surface area contributed by atoms with E-state index >= 15 is 0 Å². The minimum atomic E-state index is -0.415. The Morgan fingerprint density at radius 1 is 1.00 bits per heavy atom. The third kappa shape index (κ3) is 2.34. The van der Waals surface area contributed by atoms with E-state index in [1.807, 2.05) is 0 Å². The molecule has 0 aliphatic rings. The van der Waals surface area contributed by atoms with Crippen LogP contribution in [0.1, 0.15) is 18.5 Å². The van der Waals surface area contributed by atoms with Gasteiger partial charge in [0.25, 0.3) is 0 Å². The van der Waals surface area contributed by atoms with E-state index in [0.29, 0.717) is 16.7 Å². The van der Waals surface area contributed by atoms with E-state index < -0.39 is 6.04 Å². The highest BCUT2D eigenvalue weighted by Crippen LogP contribution is 2.26. The molecule has 2 aromatic rings. The monoisotopic (exact) mass is 233 g/mol. The van der Waals surface area contributed by atoms with Crippen LogP contribution >= 0.6 is 0 Å². The van der Waals surface area contributed by atoms with Gasteiger partial charge in [-0.15, -0.1) is 0 Å². The van der Waals surface area contributed by atoms with Gasteiger partial charge in [0.15, 0.2) is 0 Å². The summed E-state index contributed by atoms with van der Waals surface area (Å²) in [5.74, 6) is -0.685. The maximum Gasteiger partial charge on any atom is 0.131 e. The Morgan fingerprint density at radius 2 is 1.71 bits per heavy atom. The number of halogens is 2. The number of rotatable bonds is 2. The zero-order valence-corrected chi connectivity index (χ0v) is 9.45. The smallest absolute Gasteiger partial charge is 0.131 e. The lowest BCUT2D eigenvalue weighted by molar-refractivity contribution is 0.593. The van der Waals surface area contributed by atoms with Crippen LogP contribution in [-0.4, -0.2) is 0 Å². The van der Waals surface area contributed by atoms with E-state index in [2.05, 4.69) is 0 Å². The van der Waals surface area contributed by atoms with Crippen molar-refractivity contribution in [3.8, 4) is 11.1 Å². The molecule has 17 heavy (non-hydrogen) atoms. The summed E-state index contributed by atoms with van der Waals surface area (Å²) in [7, 11) is 0. The van der Waals surface area contributed by atoms with Gasteiger partial charge in [-0.2, -0.15) is 0 Å². The van der Waals surface area contributed by atoms with Gasteiger partial charge in [0.05, 0.1) is 0 Å². The summed E-state index contributed by atoms with van der Waals surface area (Å²) in [6.07, 6.45) is 0. The van der Waals surface area contributed by atoms with Gasteiger partial charge in [-0.3, -0.25) is 0 Å². The molecule has 0 aliphatic carbocycles. The molecule has 0 aromatic heterocycles. The zero-order valence-electron chi connectivity index (χ0n) is 9.45. The molecule has 0 heterocycles. The molecule has 1 atom stereocenters. The summed E-state index contributed by atoms with van der Waals surface area (Å²) in [6, 6.07) is 10.5. The van der Waals surface area contributed by atoms with Gasteiger partial charge in [0.2, 0.25) is 0 Å². The summed E-state index contributed by atoms with van der Waals surface area (Å²) in [4.78, 5) is 0. The lowest BCUT2D eigenvalue weighted by Gasteiger charge is -2.10. The van der Waals surface area contributed by atoms with Crippen molar-refractivity contribution < 1.29 is 8.78 Å². The van der Waals surface area contributed by atoms with E-state index in [-0.39, 0.29) is 11.6 Å². The second-order valence-electron chi connectivity index (χ2n) is 4.00. The summed E-state index contributed by atoms with van der Waals surface area (Å²) >= 11 is 0. The Hall–Kier alpha value is -1.74. The fourth-order valence-corrected chi connectivity index (χ4v) is 1.76. The minimum Gasteiger partial charge on any atom is -0.324 e. The molecular formula is C14H13F2N. The van der Waals surface area contributed by atoms with Gasteiger partial charge >= 0.3 is 0 Å². The highest BCUT2D eigenvalue weighted by Gasteiger charge is 2.10. The van der Waals surface area contributed by atoms with Gasteiger partial charge in [-0.1, -0.05) is 24.3 Å². The fourth-order valence-electron chi connectivity index (χ4n) is 1.76. The Balaban J connectivity index is 2.54. The maximum atomic E-state index is 13.6. The van der Waals surface area contributed by atoms with E-state index in [9.17, 15) is 8.78 Å². The number of nitrogens with two attached hydrogens (primary N) is 1. The molecule has 1 nitrogen and oxygen atoms in total. The topological polar surface area (TPSA) is 26.0 Å². The molecule has 0 aliphatic heterocycles. The van der Waals surface area contributed by atoms with Crippen LogP contribution in [0.2, 0.25) is 0 Å². The van der Waals surface area contributed by atoms with Crippen molar-refractivity contribution in [1.82, 2.24) is 0 Å². The van der Waals surface area contributed by atoms with Crippen molar-refractivity contribution in [2.24, 2.45) is 5.73 Å². The van der Waals surface area contributed by atoms with Crippen LogP contribution in [0.25, 0.3) is 11.1 Å². The molecule has 0 spiro atoms. The Morgan fingerprint density at radius 3 is 2.35 bits per heavy atom. The number of hydrogen-bond donors (Lipinski definition) is 1. The number of benzene rings is 2. The summed E-state index contributed by atoms with van der Waals surface area (Å²) < 4.78 is 27.0. The SMILES string of the molecule is CC(N)c1cc(-c2ccccc2F)ccc1F. The van der Waals surface area contributed by atoms with E-state index in [4.69, 9.17) is 5.73 Å². The number of hydrogen-bond acceptors (Lipinski definition) is 1. The predicted octanol–water partition coefficient (Wildman–Crippen LogP) is 3.65. The van der Waals surface area contributed by atoms with Crippen LogP contribution in [-0.2, 0) is 0 Å². The first-order valence-electron chi connectivity index (χ1n) is 5.39. The molecule has 88 valence electrons. The first-order chi connectivity index (χ1) is 8.09. The maximum absolute atomic E-state index is 13.6. The quantitative estimate of drug-likeness (QED) is 0.841. The van der Waals surface area contributed by atoms with E-state index in [1.165, 1.54) is 12.1 Å². The van der Waals surface area contributed by atoms with Crippen LogP contribution < -0.4 is 5.73 Å². The summed E-state index contributed by atoms with van der Waals surface area (Å²) in [6.45, 7) is 1.70. The fraction of sp³-hybridized carbons (Fsp3) is 0.143. The molecule has 0 radical (unpaired) electrons. The van der Waals surface area contributed by atoms with Crippen molar-refractivity contribution in [2.75, 3.05) is 0 Å². The molecule has 2 rings (SSSR count). The zero-order chi connectivity index (χ0) is 12.4. The predicted molar refractivity (Wildman–Crippen MR) is 64.4 cm³/mol. The highest BCUT2D eigenvalue weighted by atomic mass is 19.1. The van der Waals surface area contributed by atoms with Crippen molar-refractivity contribution in [1.29, 1.82) is 0 Å². The van der Waals surface area contributed by atoms with Crippen LogP contribution in [0.4, 0.5) is 8.78 Å². The minimum absolute atomic E-state index is 0.324. The Kier molecular flexibility index (Phi) is 3.20. The molecule has 2 aromatic carbocycles. The molecule has 0 amide bonds. The Bertz CT molecular complexity index is 535. The normalized spacial score (nSPS) is 12.5. The van der Waals surface area contributed by atoms with E-state index in [1.54, 1.807) is 37.3 Å². The standard InChI is InChI=1S/C14H13F2N/c1-9(17)12-8-10(6-7-14(12)16)11-4-2-3-5-13(11)15/h2-9H,17H2,1H3. The highest BCUT2D eigenvalue weighted by molar-refractivity contribution is 5.65. The molecule has 0 fully saturated rings.